The first-order valence-electron chi connectivity index (χ1n) is 5.66. The second-order valence-electron chi connectivity index (χ2n) is 3.70. The van der Waals surface area contributed by atoms with E-state index in [1.807, 2.05) is 18.2 Å². The largest absolute Gasteiger partial charge is 0.496 e. The summed E-state index contributed by atoms with van der Waals surface area (Å²) < 4.78 is 10.4. The van der Waals surface area contributed by atoms with Crippen molar-refractivity contribution in [2.24, 2.45) is 0 Å². The molecule has 0 aliphatic rings. The van der Waals surface area contributed by atoms with Crippen LogP contribution < -0.4 is 10.1 Å². The van der Waals surface area contributed by atoms with Crippen LogP contribution in [0.3, 0.4) is 0 Å². The molecule has 2 aromatic rings. The van der Waals surface area contributed by atoms with Crippen LogP contribution in [0.2, 0.25) is 0 Å². The second-order valence-corrected chi connectivity index (χ2v) is 5.31. The quantitative estimate of drug-likeness (QED) is 0.907. The van der Waals surface area contributed by atoms with Crippen LogP contribution in [-0.4, -0.2) is 23.0 Å². The number of nitrogens with one attached hydrogen (secondary N) is 1. The summed E-state index contributed by atoms with van der Waals surface area (Å²) >= 11 is 4.84. The number of aromatic nitrogens is 2. The number of methoxy groups -OCH3 is 1. The molecule has 1 N–H and O–H groups in total. The zero-order chi connectivity index (χ0) is 13.0. The Morgan fingerprint density at radius 1 is 1.44 bits per heavy atom. The molecule has 1 aromatic carbocycles. The molecular formula is C12H14BrN3OS. The lowest BCUT2D eigenvalue weighted by Crippen LogP contribution is -1.98. The first kappa shape index (κ1) is 13.3. The Balaban J connectivity index is 2.20. The second kappa shape index (κ2) is 6.15. The van der Waals surface area contributed by atoms with Crippen LogP contribution in [0.15, 0.2) is 22.7 Å². The van der Waals surface area contributed by atoms with E-state index in [9.17, 15) is 0 Å². The molecule has 0 aliphatic carbocycles. The topological polar surface area (TPSA) is 47.0 Å². The van der Waals surface area contributed by atoms with Crippen LogP contribution in [0.25, 0.3) is 11.4 Å². The van der Waals surface area contributed by atoms with E-state index < -0.39 is 0 Å². The molecular weight excluding hydrogens is 314 g/mol. The number of anilines is 1. The van der Waals surface area contributed by atoms with E-state index in [0.717, 1.165) is 39.7 Å². The van der Waals surface area contributed by atoms with Crippen LogP contribution in [-0.2, 0) is 0 Å². The third kappa shape index (κ3) is 3.00. The maximum atomic E-state index is 5.20. The molecule has 4 nitrogen and oxygen atoms in total. The van der Waals surface area contributed by atoms with Crippen LogP contribution in [0.4, 0.5) is 5.13 Å². The molecule has 0 aliphatic heterocycles. The van der Waals surface area contributed by atoms with Gasteiger partial charge in [-0.2, -0.15) is 9.36 Å². The van der Waals surface area contributed by atoms with E-state index in [2.05, 4.69) is 37.5 Å². The van der Waals surface area contributed by atoms with Gasteiger partial charge >= 0.3 is 0 Å². The fraction of sp³-hybridized carbons (Fsp3) is 0.333. The zero-order valence-corrected chi connectivity index (χ0v) is 12.6. The lowest BCUT2D eigenvalue weighted by Gasteiger charge is -2.03. The molecule has 0 spiro atoms. The van der Waals surface area contributed by atoms with Crippen molar-refractivity contribution in [1.82, 2.24) is 9.36 Å². The highest BCUT2D eigenvalue weighted by Crippen LogP contribution is 2.30. The summed E-state index contributed by atoms with van der Waals surface area (Å²) in [4.78, 5) is 4.45. The van der Waals surface area contributed by atoms with Crippen molar-refractivity contribution in [2.75, 3.05) is 19.0 Å². The van der Waals surface area contributed by atoms with Gasteiger partial charge in [-0.25, -0.2) is 0 Å². The van der Waals surface area contributed by atoms with Crippen molar-refractivity contribution in [3.8, 4) is 17.1 Å². The highest BCUT2D eigenvalue weighted by Gasteiger charge is 2.08. The summed E-state index contributed by atoms with van der Waals surface area (Å²) in [5.74, 6) is 1.54. The molecule has 0 radical (unpaired) electrons. The predicted molar refractivity (Wildman–Crippen MR) is 78.4 cm³/mol. The van der Waals surface area contributed by atoms with Gasteiger partial charge in [0.15, 0.2) is 5.82 Å². The Kier molecular flexibility index (Phi) is 4.54. The van der Waals surface area contributed by atoms with Gasteiger partial charge in [0.2, 0.25) is 5.13 Å². The van der Waals surface area contributed by atoms with Gasteiger partial charge in [0.05, 0.1) is 11.6 Å². The number of nitrogens with zero attached hydrogens (tertiary/aromatic N) is 2. The van der Waals surface area contributed by atoms with E-state index in [0.29, 0.717) is 0 Å². The molecule has 6 heteroatoms. The van der Waals surface area contributed by atoms with Crippen molar-refractivity contribution in [3.63, 3.8) is 0 Å². The smallest absolute Gasteiger partial charge is 0.202 e. The summed E-state index contributed by atoms with van der Waals surface area (Å²) in [6.45, 7) is 3.04. The van der Waals surface area contributed by atoms with Crippen molar-refractivity contribution in [1.29, 1.82) is 0 Å². The summed E-state index contributed by atoms with van der Waals surface area (Å²) in [6.07, 6.45) is 1.07. The summed E-state index contributed by atoms with van der Waals surface area (Å²) in [5, 5.41) is 4.09. The van der Waals surface area contributed by atoms with Gasteiger partial charge in [0.1, 0.15) is 5.75 Å². The van der Waals surface area contributed by atoms with E-state index in [-0.39, 0.29) is 0 Å². The van der Waals surface area contributed by atoms with E-state index in [1.54, 1.807) is 7.11 Å². The van der Waals surface area contributed by atoms with Crippen LogP contribution >= 0.6 is 27.5 Å². The van der Waals surface area contributed by atoms with Crippen LogP contribution in [0, 0.1) is 0 Å². The molecule has 0 saturated heterocycles. The lowest BCUT2D eigenvalue weighted by atomic mass is 10.2. The van der Waals surface area contributed by atoms with Crippen molar-refractivity contribution >= 4 is 32.6 Å². The fourth-order valence-electron chi connectivity index (χ4n) is 1.45. The Morgan fingerprint density at radius 2 is 2.28 bits per heavy atom. The minimum absolute atomic E-state index is 0.738. The van der Waals surface area contributed by atoms with Crippen LogP contribution in [0.1, 0.15) is 13.3 Å². The van der Waals surface area contributed by atoms with Crippen LogP contribution in [0.5, 0.6) is 5.75 Å². The highest BCUT2D eigenvalue weighted by atomic mass is 79.9. The SMILES string of the molecule is CCCNc1nc(-c2ccc(OC)c(Br)c2)ns1. The van der Waals surface area contributed by atoms with Gasteiger partial charge in [-0.15, -0.1) is 0 Å². The molecule has 0 amide bonds. The highest BCUT2D eigenvalue weighted by molar-refractivity contribution is 9.10. The number of halogens is 1. The maximum Gasteiger partial charge on any atom is 0.202 e. The molecule has 2 rings (SSSR count). The van der Waals surface area contributed by atoms with Gasteiger partial charge in [-0.05, 0) is 40.5 Å². The Morgan fingerprint density at radius 3 is 2.94 bits per heavy atom. The van der Waals surface area contributed by atoms with Crippen molar-refractivity contribution in [3.05, 3.63) is 22.7 Å². The monoisotopic (exact) mass is 327 g/mol. The zero-order valence-electron chi connectivity index (χ0n) is 10.2. The average Bonchev–Trinajstić information content (AvgIpc) is 2.85. The van der Waals surface area contributed by atoms with Crippen molar-refractivity contribution < 1.29 is 4.74 Å². The molecule has 1 aromatic heterocycles. The van der Waals surface area contributed by atoms with Gasteiger partial charge in [0, 0.05) is 23.6 Å². The van der Waals surface area contributed by atoms with Gasteiger partial charge in [0.25, 0.3) is 0 Å². The minimum Gasteiger partial charge on any atom is -0.496 e. The average molecular weight is 328 g/mol. The first-order chi connectivity index (χ1) is 8.74. The molecule has 0 fully saturated rings. The number of hydrogen-bond donors (Lipinski definition) is 1. The maximum absolute atomic E-state index is 5.20. The fourth-order valence-corrected chi connectivity index (χ4v) is 2.60. The Labute approximate surface area is 119 Å². The third-order valence-corrected chi connectivity index (χ3v) is 3.65. The van der Waals surface area contributed by atoms with Gasteiger partial charge in [-0.3, -0.25) is 0 Å². The molecule has 0 bridgehead atoms. The summed E-state index contributed by atoms with van der Waals surface area (Å²) in [7, 11) is 1.65. The third-order valence-electron chi connectivity index (χ3n) is 2.36. The molecule has 96 valence electrons. The molecule has 18 heavy (non-hydrogen) atoms. The Bertz CT molecular complexity index is 530. The van der Waals surface area contributed by atoms with E-state index in [1.165, 1.54) is 11.5 Å². The van der Waals surface area contributed by atoms with E-state index >= 15 is 0 Å². The van der Waals surface area contributed by atoms with E-state index in [4.69, 9.17) is 4.74 Å². The number of hydrogen-bond acceptors (Lipinski definition) is 5. The lowest BCUT2D eigenvalue weighted by molar-refractivity contribution is 0.412. The van der Waals surface area contributed by atoms with Gasteiger partial charge < -0.3 is 10.1 Å². The first-order valence-corrected chi connectivity index (χ1v) is 7.22. The molecule has 0 atom stereocenters. The summed E-state index contributed by atoms with van der Waals surface area (Å²) in [5.41, 5.74) is 0.975. The Hall–Kier alpha value is -1.14. The van der Waals surface area contributed by atoms with Gasteiger partial charge in [-0.1, -0.05) is 6.92 Å². The molecule has 0 saturated carbocycles. The standard InChI is InChI=1S/C12H14BrN3OS/c1-3-6-14-12-15-11(16-18-12)8-4-5-10(17-2)9(13)7-8/h4-5,7H,3,6H2,1-2H3,(H,14,15,16). The number of benzene rings is 1. The number of ether oxygens (including phenoxy) is 1. The predicted octanol–water partition coefficient (Wildman–Crippen LogP) is 3.80. The number of rotatable bonds is 5. The summed E-state index contributed by atoms with van der Waals surface area (Å²) in [6, 6.07) is 5.82. The van der Waals surface area contributed by atoms with Crippen molar-refractivity contribution in [2.45, 2.75) is 13.3 Å². The normalized spacial score (nSPS) is 10.4. The molecule has 0 unspecified atom stereocenters. The minimum atomic E-state index is 0.738. The molecule has 1 heterocycles.